The van der Waals surface area contributed by atoms with Crippen LogP contribution in [0.1, 0.15) is 25.0 Å². The summed E-state index contributed by atoms with van der Waals surface area (Å²) < 4.78 is 0. The van der Waals surface area contributed by atoms with Crippen LogP contribution in [0.2, 0.25) is 0 Å². The van der Waals surface area contributed by atoms with E-state index in [1.165, 1.54) is 0 Å². The number of hydrogen-bond acceptors (Lipinski definition) is 3. The van der Waals surface area contributed by atoms with Crippen LogP contribution in [0.15, 0.2) is 18.5 Å². The lowest BCUT2D eigenvalue weighted by Gasteiger charge is -2.18. The molecular weight excluding hydrogens is 190 g/mol. The second-order valence-electron chi connectivity index (χ2n) is 4.21. The number of carbonyl (C=O) groups is 1. The number of hydrogen-bond donors (Lipinski definition) is 2. The van der Waals surface area contributed by atoms with Gasteiger partial charge in [0, 0.05) is 18.9 Å². The van der Waals surface area contributed by atoms with Gasteiger partial charge in [-0.15, -0.1) is 0 Å². The molecule has 0 saturated carbocycles. The Morgan fingerprint density at radius 3 is 2.80 bits per heavy atom. The highest BCUT2D eigenvalue weighted by atomic mass is 16.2. The monoisotopic (exact) mass is 207 g/mol. The van der Waals surface area contributed by atoms with Crippen molar-refractivity contribution >= 4 is 5.91 Å². The second-order valence-corrected chi connectivity index (χ2v) is 4.21. The highest BCUT2D eigenvalue weighted by Crippen LogP contribution is 2.05. The molecule has 4 nitrogen and oxygen atoms in total. The summed E-state index contributed by atoms with van der Waals surface area (Å²) >= 11 is 0. The molecule has 1 amide bonds. The quantitative estimate of drug-likeness (QED) is 0.768. The van der Waals surface area contributed by atoms with E-state index in [4.69, 9.17) is 5.73 Å². The van der Waals surface area contributed by atoms with Gasteiger partial charge in [-0.3, -0.25) is 9.78 Å². The Morgan fingerprint density at radius 2 is 2.27 bits per heavy atom. The van der Waals surface area contributed by atoms with Gasteiger partial charge < -0.3 is 11.1 Å². The van der Waals surface area contributed by atoms with Gasteiger partial charge in [-0.25, -0.2) is 0 Å². The van der Waals surface area contributed by atoms with Crippen LogP contribution >= 0.6 is 0 Å². The van der Waals surface area contributed by atoms with E-state index in [0.717, 1.165) is 11.1 Å². The Bertz CT molecular complexity index is 355. The minimum Gasteiger partial charge on any atom is -0.350 e. The third-order valence-corrected chi connectivity index (χ3v) is 2.17. The first-order chi connectivity index (χ1) is 6.91. The molecule has 0 aliphatic rings. The number of aromatic nitrogens is 1. The summed E-state index contributed by atoms with van der Waals surface area (Å²) in [5.41, 5.74) is 6.94. The lowest BCUT2D eigenvalue weighted by Crippen LogP contribution is -2.48. The van der Waals surface area contributed by atoms with Crippen molar-refractivity contribution in [1.82, 2.24) is 10.3 Å². The van der Waals surface area contributed by atoms with Gasteiger partial charge >= 0.3 is 0 Å². The van der Waals surface area contributed by atoms with Crippen LogP contribution in [0.3, 0.4) is 0 Å². The molecular formula is C11H17N3O. The second kappa shape index (κ2) is 4.40. The van der Waals surface area contributed by atoms with E-state index < -0.39 is 5.54 Å². The Balaban J connectivity index is 2.59. The van der Waals surface area contributed by atoms with Gasteiger partial charge in [0.25, 0.3) is 0 Å². The molecule has 0 atom stereocenters. The van der Waals surface area contributed by atoms with Crippen molar-refractivity contribution in [2.24, 2.45) is 5.73 Å². The summed E-state index contributed by atoms with van der Waals surface area (Å²) in [6.45, 7) is 5.81. The fourth-order valence-electron chi connectivity index (χ4n) is 1.09. The molecule has 0 unspecified atom stereocenters. The van der Waals surface area contributed by atoms with E-state index in [1.54, 1.807) is 26.2 Å². The molecule has 15 heavy (non-hydrogen) atoms. The molecule has 0 fully saturated rings. The maximum absolute atomic E-state index is 11.5. The molecule has 4 heteroatoms. The van der Waals surface area contributed by atoms with Gasteiger partial charge in [0.05, 0.1) is 5.54 Å². The third kappa shape index (κ3) is 3.32. The number of aryl methyl sites for hydroxylation is 1. The molecule has 0 bridgehead atoms. The number of nitrogens with one attached hydrogen (secondary N) is 1. The first-order valence-electron chi connectivity index (χ1n) is 4.88. The zero-order valence-corrected chi connectivity index (χ0v) is 9.37. The Labute approximate surface area is 89.9 Å². The number of pyridine rings is 1. The highest BCUT2D eigenvalue weighted by Gasteiger charge is 2.21. The molecule has 0 radical (unpaired) electrons. The lowest BCUT2D eigenvalue weighted by molar-refractivity contribution is -0.125. The third-order valence-electron chi connectivity index (χ3n) is 2.17. The predicted octanol–water partition coefficient (Wildman–Crippen LogP) is 0.744. The average molecular weight is 207 g/mol. The van der Waals surface area contributed by atoms with Gasteiger partial charge in [0.1, 0.15) is 0 Å². The zero-order valence-electron chi connectivity index (χ0n) is 9.37. The fraction of sp³-hybridized carbons (Fsp3) is 0.455. The molecule has 0 spiro atoms. The van der Waals surface area contributed by atoms with Gasteiger partial charge in [0.2, 0.25) is 5.91 Å². The summed E-state index contributed by atoms with van der Waals surface area (Å²) in [7, 11) is 0. The normalized spacial score (nSPS) is 11.2. The summed E-state index contributed by atoms with van der Waals surface area (Å²) in [4.78, 5) is 15.5. The summed E-state index contributed by atoms with van der Waals surface area (Å²) in [5.74, 6) is -0.161. The molecule has 0 saturated heterocycles. The van der Waals surface area contributed by atoms with Gasteiger partial charge in [-0.05, 0) is 38.0 Å². The lowest BCUT2D eigenvalue weighted by atomic mass is 10.1. The van der Waals surface area contributed by atoms with Crippen LogP contribution in [0.5, 0.6) is 0 Å². The smallest absolute Gasteiger partial charge is 0.239 e. The van der Waals surface area contributed by atoms with Crippen molar-refractivity contribution in [1.29, 1.82) is 0 Å². The predicted molar refractivity (Wildman–Crippen MR) is 59.1 cm³/mol. The highest BCUT2D eigenvalue weighted by molar-refractivity contribution is 5.84. The molecule has 1 aromatic rings. The van der Waals surface area contributed by atoms with Crippen LogP contribution < -0.4 is 11.1 Å². The van der Waals surface area contributed by atoms with Crippen LogP contribution in [0.25, 0.3) is 0 Å². The van der Waals surface area contributed by atoms with Crippen molar-refractivity contribution < 1.29 is 4.79 Å². The topological polar surface area (TPSA) is 68.0 Å². The maximum Gasteiger partial charge on any atom is 0.239 e. The van der Waals surface area contributed by atoms with Crippen LogP contribution in [0, 0.1) is 6.92 Å². The molecule has 3 N–H and O–H groups in total. The number of rotatable bonds is 3. The van der Waals surface area contributed by atoms with Gasteiger partial charge in [-0.2, -0.15) is 0 Å². The Kier molecular flexibility index (Phi) is 3.42. The summed E-state index contributed by atoms with van der Waals surface area (Å²) in [6, 6.07) is 1.91. The summed E-state index contributed by atoms with van der Waals surface area (Å²) in [5, 5.41) is 2.78. The van der Waals surface area contributed by atoms with E-state index >= 15 is 0 Å². The van der Waals surface area contributed by atoms with E-state index in [-0.39, 0.29) is 5.91 Å². The number of carbonyl (C=O) groups excluding carboxylic acids is 1. The van der Waals surface area contributed by atoms with E-state index in [1.807, 2.05) is 13.0 Å². The van der Waals surface area contributed by atoms with Crippen molar-refractivity contribution in [3.05, 3.63) is 29.6 Å². The largest absolute Gasteiger partial charge is 0.350 e. The van der Waals surface area contributed by atoms with Crippen LogP contribution in [0.4, 0.5) is 0 Å². The van der Waals surface area contributed by atoms with Crippen molar-refractivity contribution in [2.45, 2.75) is 32.9 Å². The van der Waals surface area contributed by atoms with Crippen LogP contribution in [-0.2, 0) is 11.3 Å². The molecule has 1 rings (SSSR count). The van der Waals surface area contributed by atoms with Crippen molar-refractivity contribution in [3.8, 4) is 0 Å². The molecule has 0 aliphatic carbocycles. The molecule has 82 valence electrons. The molecule has 1 heterocycles. The first-order valence-corrected chi connectivity index (χ1v) is 4.88. The number of nitrogens with two attached hydrogens (primary N) is 1. The van der Waals surface area contributed by atoms with E-state index in [9.17, 15) is 4.79 Å². The Hall–Kier alpha value is -1.42. The van der Waals surface area contributed by atoms with E-state index in [2.05, 4.69) is 10.3 Å². The fourth-order valence-corrected chi connectivity index (χ4v) is 1.09. The minimum atomic E-state index is -0.837. The van der Waals surface area contributed by atoms with Crippen molar-refractivity contribution in [3.63, 3.8) is 0 Å². The average Bonchev–Trinajstić information content (AvgIpc) is 2.14. The molecule has 0 aliphatic heterocycles. The Morgan fingerprint density at radius 1 is 1.60 bits per heavy atom. The zero-order chi connectivity index (χ0) is 11.5. The van der Waals surface area contributed by atoms with E-state index in [0.29, 0.717) is 6.54 Å². The van der Waals surface area contributed by atoms with Crippen molar-refractivity contribution in [2.75, 3.05) is 0 Å². The van der Waals surface area contributed by atoms with Crippen LogP contribution in [-0.4, -0.2) is 16.4 Å². The van der Waals surface area contributed by atoms with Gasteiger partial charge in [0.15, 0.2) is 0 Å². The first kappa shape index (κ1) is 11.7. The number of nitrogens with zero attached hydrogens (tertiary/aromatic N) is 1. The standard InChI is InChI=1S/C11H17N3O/c1-8-4-5-13-6-9(8)7-14-10(15)11(2,3)12/h4-6H,7,12H2,1-3H3,(H,14,15). The summed E-state index contributed by atoms with van der Waals surface area (Å²) in [6.07, 6.45) is 3.48. The SMILES string of the molecule is Cc1ccncc1CNC(=O)C(C)(C)N. The minimum absolute atomic E-state index is 0.161. The molecule has 0 aromatic carbocycles. The molecule has 1 aromatic heterocycles. The van der Waals surface area contributed by atoms with Gasteiger partial charge in [-0.1, -0.05) is 0 Å². The number of amides is 1. The maximum atomic E-state index is 11.5.